The molecule has 3 aromatic rings. The second kappa shape index (κ2) is 11.7. The lowest BCUT2D eigenvalue weighted by atomic mass is 9.95. The number of benzene rings is 2. The normalized spacial score (nSPS) is 16.4. The summed E-state index contributed by atoms with van der Waals surface area (Å²) in [5.41, 5.74) is 0.532. The van der Waals surface area contributed by atoms with Crippen LogP contribution >= 0.6 is 11.8 Å². The largest absolute Gasteiger partial charge is 0.417 e. The van der Waals surface area contributed by atoms with Crippen molar-refractivity contribution in [3.63, 3.8) is 0 Å². The molecule has 220 valence electrons. The van der Waals surface area contributed by atoms with Crippen LogP contribution in [-0.2, 0) is 22.3 Å². The van der Waals surface area contributed by atoms with E-state index in [0.717, 1.165) is 49.3 Å². The quantitative estimate of drug-likeness (QED) is 0.227. The molecule has 2 aromatic carbocycles. The van der Waals surface area contributed by atoms with E-state index in [0.29, 0.717) is 11.8 Å². The third kappa shape index (κ3) is 5.47. The number of carbonyl (C=O) groups is 1. The number of halogens is 5. The lowest BCUT2D eigenvalue weighted by molar-refractivity contribution is -0.137. The fourth-order valence-electron chi connectivity index (χ4n) is 4.94. The number of hydrogen-bond donors (Lipinski definition) is 0. The first-order valence-corrected chi connectivity index (χ1v) is 14.0. The summed E-state index contributed by atoms with van der Waals surface area (Å²) in [6, 6.07) is 3.24. The fraction of sp³-hybridized carbons (Fsp3) is 0.310. The summed E-state index contributed by atoms with van der Waals surface area (Å²) in [7, 11) is 0. The highest BCUT2D eigenvalue weighted by atomic mass is 32.2. The first-order chi connectivity index (χ1) is 20.0. The van der Waals surface area contributed by atoms with Crippen LogP contribution < -0.4 is 10.6 Å². The first-order valence-electron chi connectivity index (χ1n) is 13.0. The molecular formula is C29H25F5N4O3S. The molecule has 0 unspecified atom stereocenters. The van der Waals surface area contributed by atoms with Crippen LogP contribution in [0.4, 0.5) is 27.8 Å². The van der Waals surface area contributed by atoms with Crippen molar-refractivity contribution < 1.29 is 31.5 Å². The van der Waals surface area contributed by atoms with E-state index in [1.165, 1.54) is 15.9 Å². The van der Waals surface area contributed by atoms with Crippen LogP contribution in [0, 0.1) is 11.6 Å². The second-order valence-corrected chi connectivity index (χ2v) is 10.7. The number of nitrogens with zero attached hydrogens (tertiary/aromatic N) is 4. The molecule has 6 rings (SSSR count). The van der Waals surface area contributed by atoms with Crippen LogP contribution in [0.5, 0.6) is 0 Å². The number of hydrogen-bond acceptors (Lipinski definition) is 6. The minimum absolute atomic E-state index is 0.0000742. The summed E-state index contributed by atoms with van der Waals surface area (Å²) >= 11 is 1.06. The van der Waals surface area contributed by atoms with Crippen molar-refractivity contribution in [1.29, 1.82) is 0 Å². The van der Waals surface area contributed by atoms with Crippen molar-refractivity contribution in [3.8, 4) is 11.1 Å². The Balaban J connectivity index is 0.000000813. The molecule has 13 heteroatoms. The Labute approximate surface area is 241 Å². The smallest absolute Gasteiger partial charge is 0.381 e. The number of alkyl halides is 3. The fourth-order valence-corrected chi connectivity index (χ4v) is 6.13. The van der Waals surface area contributed by atoms with Crippen LogP contribution in [0.15, 0.2) is 64.6 Å². The third-order valence-electron chi connectivity index (χ3n) is 7.05. The molecule has 3 aliphatic heterocycles. The van der Waals surface area contributed by atoms with E-state index in [1.807, 2.05) is 0 Å². The van der Waals surface area contributed by atoms with Gasteiger partial charge in [0.2, 0.25) is 0 Å². The highest BCUT2D eigenvalue weighted by Crippen LogP contribution is 2.49. The van der Waals surface area contributed by atoms with Gasteiger partial charge in [-0.1, -0.05) is 13.2 Å². The van der Waals surface area contributed by atoms with Gasteiger partial charge in [0.25, 0.3) is 5.91 Å². The van der Waals surface area contributed by atoms with Gasteiger partial charge in [0.1, 0.15) is 17.5 Å². The minimum Gasteiger partial charge on any atom is -0.381 e. The molecule has 0 radical (unpaired) electrons. The first kappa shape index (κ1) is 29.6. The summed E-state index contributed by atoms with van der Waals surface area (Å²) in [6.45, 7) is 9.56. The molecule has 7 nitrogen and oxygen atoms in total. The summed E-state index contributed by atoms with van der Waals surface area (Å²) in [4.78, 5) is 32.5. The highest BCUT2D eigenvalue weighted by Gasteiger charge is 2.39. The summed E-state index contributed by atoms with van der Waals surface area (Å²) in [5.74, 6) is -2.21. The van der Waals surface area contributed by atoms with Crippen molar-refractivity contribution in [2.45, 2.75) is 24.0 Å². The average Bonchev–Trinajstić information content (AvgIpc) is 2.92. The van der Waals surface area contributed by atoms with Gasteiger partial charge in [-0.15, -0.1) is 17.5 Å². The number of piperazine rings is 1. The summed E-state index contributed by atoms with van der Waals surface area (Å²) in [5, 5.41) is 0.0531. The lowest BCUT2D eigenvalue weighted by Gasteiger charge is -2.37. The molecule has 0 spiro atoms. The van der Waals surface area contributed by atoms with Crippen LogP contribution in [0.1, 0.15) is 12.0 Å². The van der Waals surface area contributed by atoms with Crippen molar-refractivity contribution >= 4 is 34.4 Å². The number of anilines is 1. The van der Waals surface area contributed by atoms with Gasteiger partial charge in [-0.2, -0.15) is 18.2 Å². The Bertz CT molecular complexity index is 1690. The lowest BCUT2D eigenvalue weighted by Crippen LogP contribution is -2.47. The maximum Gasteiger partial charge on any atom is 0.417 e. The Morgan fingerprint density at radius 2 is 1.86 bits per heavy atom. The van der Waals surface area contributed by atoms with E-state index < -0.39 is 40.2 Å². The van der Waals surface area contributed by atoms with Crippen LogP contribution in [0.2, 0.25) is 0 Å². The number of carbonyl (C=O) groups excluding carboxylic acids is 1. The predicted octanol–water partition coefficient (Wildman–Crippen LogP) is 5.38. The van der Waals surface area contributed by atoms with Gasteiger partial charge in [-0.25, -0.2) is 13.6 Å². The Hall–Kier alpha value is -3.93. The van der Waals surface area contributed by atoms with E-state index in [-0.39, 0.29) is 59.5 Å². The number of ether oxygens (including phenoxy) is 1. The number of thioether (sulfide) groups is 1. The molecule has 3 aliphatic rings. The molecule has 4 heterocycles. The van der Waals surface area contributed by atoms with Crippen molar-refractivity contribution in [1.82, 2.24) is 14.5 Å². The maximum atomic E-state index is 14.8. The summed E-state index contributed by atoms with van der Waals surface area (Å²) in [6.07, 6.45) is -2.50. The highest BCUT2D eigenvalue weighted by molar-refractivity contribution is 7.99. The molecule has 0 aliphatic carbocycles. The van der Waals surface area contributed by atoms with E-state index in [9.17, 15) is 31.5 Å². The van der Waals surface area contributed by atoms with Gasteiger partial charge in [0, 0.05) is 66.1 Å². The van der Waals surface area contributed by atoms with Crippen LogP contribution in [0.25, 0.3) is 22.0 Å². The standard InChI is InChI=1S/C26H19F5N4O2S.C3H6O/c1-3-15-13-33(7-8-34(15)20(36)4-2)24-17-12-18(26(29,30)31)21(16-6-5-14(27)11-19(16)28)23-22(17)35(9-10-38-23)25(37)32-24;1-2-4-3-1/h4-6,11-12H,1-2,7-10,13H2;1-3H2. The predicted molar refractivity (Wildman–Crippen MR) is 149 cm³/mol. The van der Waals surface area contributed by atoms with Gasteiger partial charge in [0.15, 0.2) is 0 Å². The Kier molecular flexibility index (Phi) is 8.27. The molecule has 0 bridgehead atoms. The van der Waals surface area contributed by atoms with Gasteiger partial charge in [0.05, 0.1) is 23.3 Å². The number of rotatable bonds is 3. The third-order valence-corrected chi connectivity index (χ3v) is 8.12. The van der Waals surface area contributed by atoms with Gasteiger partial charge in [-0.05, 0) is 30.7 Å². The molecule has 1 aromatic heterocycles. The minimum atomic E-state index is -4.90. The van der Waals surface area contributed by atoms with Crippen LogP contribution in [-0.4, -0.2) is 59.0 Å². The molecule has 1 amide bonds. The number of aromatic nitrogens is 2. The van der Waals surface area contributed by atoms with Crippen LogP contribution in [0.3, 0.4) is 0 Å². The maximum absolute atomic E-state index is 14.8. The molecule has 2 saturated heterocycles. The van der Waals surface area contributed by atoms with E-state index in [4.69, 9.17) is 4.74 Å². The topological polar surface area (TPSA) is 67.7 Å². The second-order valence-electron chi connectivity index (χ2n) is 9.57. The zero-order chi connectivity index (χ0) is 30.2. The molecule has 42 heavy (non-hydrogen) atoms. The van der Waals surface area contributed by atoms with Gasteiger partial charge in [-0.3, -0.25) is 9.36 Å². The van der Waals surface area contributed by atoms with Gasteiger partial charge < -0.3 is 14.5 Å². The molecule has 2 fully saturated rings. The summed E-state index contributed by atoms with van der Waals surface area (Å²) < 4.78 is 77.9. The van der Waals surface area contributed by atoms with Crippen molar-refractivity contribution in [3.05, 3.63) is 82.6 Å². The van der Waals surface area contributed by atoms with Crippen molar-refractivity contribution in [2.24, 2.45) is 0 Å². The average molecular weight is 605 g/mol. The Morgan fingerprint density at radius 1 is 1.14 bits per heavy atom. The van der Waals surface area contributed by atoms with E-state index in [1.54, 1.807) is 4.90 Å². The monoisotopic (exact) mass is 604 g/mol. The molecular weight excluding hydrogens is 579 g/mol. The van der Waals surface area contributed by atoms with Crippen molar-refractivity contribution in [2.75, 3.05) is 43.5 Å². The zero-order valence-electron chi connectivity index (χ0n) is 22.3. The number of amides is 1. The Morgan fingerprint density at radius 3 is 2.45 bits per heavy atom. The van der Waals surface area contributed by atoms with E-state index in [2.05, 4.69) is 23.9 Å². The van der Waals surface area contributed by atoms with Gasteiger partial charge >= 0.3 is 11.9 Å². The molecule has 0 saturated carbocycles. The number of aryl methyl sites for hydroxylation is 1. The molecule has 0 N–H and O–H groups in total. The zero-order valence-corrected chi connectivity index (χ0v) is 23.1. The molecule has 0 atom stereocenters. The SMILES string of the molecule is C1COC1.C=C=C1CN(c2nc(=O)n3c4c(c(-c5ccc(F)cc5F)c(C(F)(F)F)cc24)SCC3)CCN1C(=O)C=C. The van der Waals surface area contributed by atoms with E-state index >= 15 is 0 Å².